The van der Waals surface area contributed by atoms with Gasteiger partial charge in [0.25, 0.3) is 5.91 Å². The predicted octanol–water partition coefficient (Wildman–Crippen LogP) is 3.41. The summed E-state index contributed by atoms with van der Waals surface area (Å²) >= 11 is 6.31. The number of amides is 1. The van der Waals surface area contributed by atoms with Crippen LogP contribution in [0.2, 0.25) is 5.02 Å². The van der Waals surface area contributed by atoms with Crippen LogP contribution in [0.4, 0.5) is 4.39 Å². The van der Waals surface area contributed by atoms with Gasteiger partial charge in [0, 0.05) is 16.3 Å². The van der Waals surface area contributed by atoms with E-state index >= 15 is 0 Å². The third kappa shape index (κ3) is 3.75. The molecule has 1 heterocycles. The molecule has 4 N–H and O–H groups in total. The molecular formula is C19H16ClFN4O. The maximum Gasteiger partial charge on any atom is 0.268 e. The van der Waals surface area contributed by atoms with E-state index in [2.05, 4.69) is 4.99 Å². The molecule has 132 valence electrons. The average molecular weight is 371 g/mol. The SMILES string of the molecule is NC(N)=NC(=O)Cn1c(-c2ccc(F)cc2)ccc1-c1ccccc1Cl. The summed E-state index contributed by atoms with van der Waals surface area (Å²) in [7, 11) is 0. The highest BCUT2D eigenvalue weighted by atomic mass is 35.5. The van der Waals surface area contributed by atoms with E-state index in [0.29, 0.717) is 5.02 Å². The van der Waals surface area contributed by atoms with Gasteiger partial charge < -0.3 is 16.0 Å². The van der Waals surface area contributed by atoms with Crippen LogP contribution in [-0.4, -0.2) is 16.4 Å². The van der Waals surface area contributed by atoms with Gasteiger partial charge in [-0.1, -0.05) is 29.8 Å². The number of hydrogen-bond acceptors (Lipinski definition) is 1. The average Bonchev–Trinajstić information content (AvgIpc) is 2.98. The van der Waals surface area contributed by atoms with Gasteiger partial charge in [-0.15, -0.1) is 0 Å². The quantitative estimate of drug-likeness (QED) is 0.545. The molecule has 0 aliphatic heterocycles. The van der Waals surface area contributed by atoms with Crippen molar-refractivity contribution in [3.63, 3.8) is 0 Å². The van der Waals surface area contributed by atoms with E-state index in [4.69, 9.17) is 23.1 Å². The molecular weight excluding hydrogens is 355 g/mol. The lowest BCUT2D eigenvalue weighted by molar-refractivity contribution is -0.118. The smallest absolute Gasteiger partial charge is 0.268 e. The maximum absolute atomic E-state index is 13.3. The van der Waals surface area contributed by atoms with Gasteiger partial charge >= 0.3 is 0 Å². The van der Waals surface area contributed by atoms with Crippen molar-refractivity contribution in [3.05, 3.63) is 71.5 Å². The Morgan fingerprint density at radius 2 is 1.65 bits per heavy atom. The number of aromatic nitrogens is 1. The van der Waals surface area contributed by atoms with E-state index in [0.717, 1.165) is 22.5 Å². The summed E-state index contributed by atoms with van der Waals surface area (Å²) in [5.41, 5.74) is 13.6. The lowest BCUT2D eigenvalue weighted by atomic mass is 10.1. The van der Waals surface area contributed by atoms with Crippen molar-refractivity contribution in [1.29, 1.82) is 0 Å². The van der Waals surface area contributed by atoms with Gasteiger partial charge in [0.05, 0.1) is 5.69 Å². The molecule has 3 rings (SSSR count). The highest BCUT2D eigenvalue weighted by molar-refractivity contribution is 6.33. The first-order valence-corrected chi connectivity index (χ1v) is 8.16. The summed E-state index contributed by atoms with van der Waals surface area (Å²) < 4.78 is 15.0. The van der Waals surface area contributed by atoms with Crippen LogP contribution < -0.4 is 11.5 Å². The Kier molecular flexibility index (Phi) is 5.04. The maximum atomic E-state index is 13.3. The Morgan fingerprint density at radius 3 is 2.31 bits per heavy atom. The van der Waals surface area contributed by atoms with Crippen molar-refractivity contribution < 1.29 is 9.18 Å². The lowest BCUT2D eigenvalue weighted by Gasteiger charge is -2.13. The summed E-state index contributed by atoms with van der Waals surface area (Å²) in [6.45, 7) is -0.0852. The number of carbonyl (C=O) groups excluding carboxylic acids is 1. The van der Waals surface area contributed by atoms with Crippen LogP contribution in [0.15, 0.2) is 65.7 Å². The van der Waals surface area contributed by atoms with Crippen molar-refractivity contribution in [1.82, 2.24) is 4.57 Å². The Hall–Kier alpha value is -3.12. The normalized spacial score (nSPS) is 10.5. The number of nitrogens with two attached hydrogens (primary N) is 2. The molecule has 0 saturated carbocycles. The predicted molar refractivity (Wildman–Crippen MR) is 101 cm³/mol. The number of hydrogen-bond donors (Lipinski definition) is 2. The number of benzene rings is 2. The molecule has 26 heavy (non-hydrogen) atoms. The summed E-state index contributed by atoms with van der Waals surface area (Å²) in [6, 6.07) is 17.0. The van der Waals surface area contributed by atoms with Gasteiger partial charge in [0.15, 0.2) is 5.96 Å². The third-order valence-electron chi connectivity index (χ3n) is 3.82. The van der Waals surface area contributed by atoms with E-state index in [9.17, 15) is 9.18 Å². The molecule has 0 aliphatic carbocycles. The molecule has 0 fully saturated rings. The van der Waals surface area contributed by atoms with E-state index < -0.39 is 5.91 Å². The zero-order valence-corrected chi connectivity index (χ0v) is 14.4. The van der Waals surface area contributed by atoms with Gasteiger partial charge in [-0.2, -0.15) is 4.99 Å². The fourth-order valence-electron chi connectivity index (χ4n) is 2.73. The van der Waals surface area contributed by atoms with Crippen LogP contribution >= 0.6 is 11.6 Å². The highest BCUT2D eigenvalue weighted by Gasteiger charge is 2.16. The third-order valence-corrected chi connectivity index (χ3v) is 4.15. The number of carbonyl (C=O) groups is 1. The molecule has 0 aliphatic rings. The fraction of sp³-hybridized carbons (Fsp3) is 0.0526. The van der Waals surface area contributed by atoms with Crippen molar-refractivity contribution in [2.24, 2.45) is 16.5 Å². The molecule has 1 amide bonds. The molecule has 0 bridgehead atoms. The van der Waals surface area contributed by atoms with Gasteiger partial charge in [-0.05, 0) is 48.0 Å². The summed E-state index contributed by atoms with van der Waals surface area (Å²) in [6.07, 6.45) is 0. The highest BCUT2D eigenvalue weighted by Crippen LogP contribution is 2.33. The number of aliphatic imine (C=N–C) groups is 1. The van der Waals surface area contributed by atoms with Gasteiger partial charge in [-0.25, -0.2) is 4.39 Å². The minimum absolute atomic E-state index is 0.0852. The Morgan fingerprint density at radius 1 is 1.00 bits per heavy atom. The monoisotopic (exact) mass is 370 g/mol. The van der Waals surface area contributed by atoms with E-state index in [1.165, 1.54) is 12.1 Å². The van der Waals surface area contributed by atoms with Crippen LogP contribution in [0.25, 0.3) is 22.5 Å². The molecule has 0 atom stereocenters. The molecule has 0 unspecified atom stereocenters. The molecule has 7 heteroatoms. The first-order valence-electron chi connectivity index (χ1n) is 7.78. The molecule has 0 spiro atoms. The van der Waals surface area contributed by atoms with Crippen LogP contribution in [0, 0.1) is 5.82 Å². The van der Waals surface area contributed by atoms with Gasteiger partial charge in [0.2, 0.25) is 0 Å². The summed E-state index contributed by atoms with van der Waals surface area (Å²) in [5.74, 6) is -1.14. The van der Waals surface area contributed by atoms with E-state index in [-0.39, 0.29) is 18.3 Å². The standard InChI is InChI=1S/C19H16ClFN4O/c20-15-4-2-1-3-14(15)17-10-9-16(12-5-7-13(21)8-6-12)25(17)11-18(26)24-19(22)23/h1-10H,11H2,(H4,22,23,24,26). The second kappa shape index (κ2) is 7.41. The van der Waals surface area contributed by atoms with Crippen LogP contribution in [0.3, 0.4) is 0 Å². The number of halogens is 2. The molecule has 0 saturated heterocycles. The topological polar surface area (TPSA) is 86.4 Å². The van der Waals surface area contributed by atoms with E-state index in [1.807, 2.05) is 30.3 Å². The summed E-state index contributed by atoms with van der Waals surface area (Å²) in [5, 5.41) is 0.548. The summed E-state index contributed by atoms with van der Waals surface area (Å²) in [4.78, 5) is 15.7. The van der Waals surface area contributed by atoms with Gasteiger partial charge in [-0.3, -0.25) is 4.79 Å². The number of guanidine groups is 1. The molecule has 2 aromatic carbocycles. The number of nitrogens with zero attached hydrogens (tertiary/aromatic N) is 2. The molecule has 5 nitrogen and oxygen atoms in total. The molecule has 0 radical (unpaired) electrons. The first kappa shape index (κ1) is 17.7. The Labute approximate surface area is 154 Å². The van der Waals surface area contributed by atoms with Crippen LogP contribution in [0.5, 0.6) is 0 Å². The Balaban J connectivity index is 2.13. The second-order valence-electron chi connectivity index (χ2n) is 5.61. The zero-order chi connectivity index (χ0) is 18.7. The minimum Gasteiger partial charge on any atom is -0.370 e. The number of rotatable bonds is 4. The van der Waals surface area contributed by atoms with Crippen LogP contribution in [-0.2, 0) is 11.3 Å². The van der Waals surface area contributed by atoms with E-state index in [1.54, 1.807) is 22.8 Å². The first-order chi connectivity index (χ1) is 12.5. The van der Waals surface area contributed by atoms with Crippen molar-refractivity contribution in [2.45, 2.75) is 6.54 Å². The molecule has 1 aromatic heterocycles. The van der Waals surface area contributed by atoms with Crippen molar-refractivity contribution in [2.75, 3.05) is 0 Å². The molecule has 3 aromatic rings. The largest absolute Gasteiger partial charge is 0.370 e. The van der Waals surface area contributed by atoms with Crippen molar-refractivity contribution in [3.8, 4) is 22.5 Å². The lowest BCUT2D eigenvalue weighted by Crippen LogP contribution is -2.25. The minimum atomic E-state index is -0.502. The van der Waals surface area contributed by atoms with Gasteiger partial charge in [0.1, 0.15) is 12.4 Å². The Bertz CT molecular complexity index is 975. The fourth-order valence-corrected chi connectivity index (χ4v) is 2.96. The van der Waals surface area contributed by atoms with Crippen molar-refractivity contribution >= 4 is 23.5 Å². The second-order valence-corrected chi connectivity index (χ2v) is 6.01. The van der Waals surface area contributed by atoms with Crippen LogP contribution in [0.1, 0.15) is 0 Å². The zero-order valence-electron chi connectivity index (χ0n) is 13.7.